The Morgan fingerprint density at radius 1 is 0.349 bits per heavy atom. The van der Waals surface area contributed by atoms with Crippen LogP contribution in [0.1, 0.15) is 0 Å². The van der Waals surface area contributed by atoms with Crippen LogP contribution in [0.3, 0.4) is 0 Å². The third-order valence-corrected chi connectivity index (χ3v) is 13.1. The van der Waals surface area contributed by atoms with Crippen LogP contribution in [0.4, 0.5) is 0 Å². The van der Waals surface area contributed by atoms with E-state index in [1.54, 1.807) is 0 Å². The SMILES string of the molecule is c1ccc(-c2ccc(-c3nc(-n4c5ccc(-c6ccccc6)cc5c5c6c7ccccc7n7c8cc(-c9ccccc9)ccc8c(cc54)c67)nc4c3oc3ccccc34)cc2)cc1. The first-order valence-corrected chi connectivity index (χ1v) is 21.4. The number of aromatic nitrogens is 4. The molecule has 9 aromatic carbocycles. The monoisotopic (exact) mass is 802 g/mol. The molecule has 292 valence electrons. The highest BCUT2D eigenvalue weighted by Crippen LogP contribution is 2.48. The summed E-state index contributed by atoms with van der Waals surface area (Å²) in [6, 6.07) is 73.6. The molecule has 0 unspecified atom stereocenters. The molecular weight excluding hydrogens is 769 g/mol. The highest BCUT2D eigenvalue weighted by molar-refractivity contribution is 6.36. The Morgan fingerprint density at radius 3 is 1.68 bits per heavy atom. The molecule has 14 rings (SSSR count). The van der Waals surface area contributed by atoms with Gasteiger partial charge in [-0.2, -0.15) is 0 Å². The quantitative estimate of drug-likeness (QED) is 0.174. The van der Waals surface area contributed by atoms with E-state index >= 15 is 0 Å². The number of fused-ring (bicyclic) bond motifs is 13. The molecule has 0 saturated carbocycles. The van der Waals surface area contributed by atoms with Gasteiger partial charge >= 0.3 is 0 Å². The number of rotatable bonds is 5. The van der Waals surface area contributed by atoms with Gasteiger partial charge in [0, 0.05) is 43.3 Å². The molecule has 0 radical (unpaired) electrons. The van der Waals surface area contributed by atoms with Crippen molar-refractivity contribution in [1.29, 1.82) is 0 Å². The van der Waals surface area contributed by atoms with Crippen LogP contribution in [-0.2, 0) is 0 Å². The van der Waals surface area contributed by atoms with Gasteiger partial charge in [0.2, 0.25) is 5.95 Å². The van der Waals surface area contributed by atoms with Crippen molar-refractivity contribution in [2.45, 2.75) is 0 Å². The Kier molecular flexibility index (Phi) is 7.05. The van der Waals surface area contributed by atoms with Crippen LogP contribution in [-0.4, -0.2) is 18.9 Å². The molecule has 5 nitrogen and oxygen atoms in total. The first-order chi connectivity index (χ1) is 31.2. The second-order valence-electron chi connectivity index (χ2n) is 16.5. The number of hydrogen-bond donors (Lipinski definition) is 0. The molecule has 0 bridgehead atoms. The van der Waals surface area contributed by atoms with Crippen molar-refractivity contribution >= 4 is 82.0 Å². The van der Waals surface area contributed by atoms with E-state index in [9.17, 15) is 0 Å². The number of hydrogen-bond acceptors (Lipinski definition) is 3. The normalized spacial score (nSPS) is 12.1. The summed E-state index contributed by atoms with van der Waals surface area (Å²) in [6.45, 7) is 0. The van der Waals surface area contributed by atoms with Crippen LogP contribution in [0, 0.1) is 0 Å². The topological polar surface area (TPSA) is 48.3 Å². The number of furan rings is 1. The smallest absolute Gasteiger partial charge is 0.236 e. The fraction of sp³-hybridized carbons (Fsp3) is 0. The Morgan fingerprint density at radius 2 is 0.937 bits per heavy atom. The van der Waals surface area contributed by atoms with Gasteiger partial charge in [-0.3, -0.25) is 4.57 Å². The second-order valence-corrected chi connectivity index (χ2v) is 16.5. The summed E-state index contributed by atoms with van der Waals surface area (Å²) in [5, 5.41) is 8.14. The van der Waals surface area contributed by atoms with E-state index in [1.807, 2.05) is 24.3 Å². The minimum Gasteiger partial charge on any atom is -0.452 e. The first kappa shape index (κ1) is 34.2. The van der Waals surface area contributed by atoms with Gasteiger partial charge in [0.15, 0.2) is 5.58 Å². The van der Waals surface area contributed by atoms with E-state index in [4.69, 9.17) is 14.4 Å². The van der Waals surface area contributed by atoms with Crippen LogP contribution in [0.15, 0.2) is 211 Å². The lowest BCUT2D eigenvalue weighted by molar-refractivity contribution is 0.666. The van der Waals surface area contributed by atoms with Crippen molar-refractivity contribution < 1.29 is 4.42 Å². The van der Waals surface area contributed by atoms with Gasteiger partial charge in [-0.05, 0) is 75.8 Å². The van der Waals surface area contributed by atoms with Crippen LogP contribution in [0.2, 0.25) is 0 Å². The molecule has 0 spiro atoms. The highest BCUT2D eigenvalue weighted by atomic mass is 16.3. The van der Waals surface area contributed by atoms with Gasteiger partial charge in [-0.25, -0.2) is 9.97 Å². The first-order valence-electron chi connectivity index (χ1n) is 21.4. The molecule has 0 aliphatic heterocycles. The van der Waals surface area contributed by atoms with E-state index in [0.29, 0.717) is 11.5 Å². The predicted octanol–water partition coefficient (Wildman–Crippen LogP) is 15.3. The zero-order valence-electron chi connectivity index (χ0n) is 33.8. The van der Waals surface area contributed by atoms with Crippen LogP contribution in [0.25, 0.3) is 133 Å². The average Bonchev–Trinajstić information content (AvgIpc) is 4.09. The molecule has 0 aliphatic rings. The molecule has 5 heteroatoms. The van der Waals surface area contributed by atoms with Gasteiger partial charge in [-0.1, -0.05) is 164 Å². The lowest BCUT2D eigenvalue weighted by atomic mass is 9.99. The van der Waals surface area contributed by atoms with Gasteiger partial charge in [0.1, 0.15) is 16.8 Å². The van der Waals surface area contributed by atoms with Gasteiger partial charge in [-0.15, -0.1) is 0 Å². The predicted molar refractivity (Wildman–Crippen MR) is 260 cm³/mol. The average molecular weight is 803 g/mol. The highest BCUT2D eigenvalue weighted by Gasteiger charge is 2.27. The fourth-order valence-corrected chi connectivity index (χ4v) is 10.2. The van der Waals surface area contributed by atoms with Crippen molar-refractivity contribution in [2.75, 3.05) is 0 Å². The summed E-state index contributed by atoms with van der Waals surface area (Å²) < 4.78 is 11.4. The maximum absolute atomic E-state index is 6.65. The second kappa shape index (κ2) is 13.0. The molecule has 0 aliphatic carbocycles. The summed E-state index contributed by atoms with van der Waals surface area (Å²) in [7, 11) is 0. The third kappa shape index (κ3) is 4.93. The molecule has 63 heavy (non-hydrogen) atoms. The maximum atomic E-state index is 6.65. The lowest BCUT2D eigenvalue weighted by Crippen LogP contribution is -2.03. The Bertz CT molecular complexity index is 4110. The molecule has 0 amide bonds. The summed E-state index contributed by atoms with van der Waals surface area (Å²) in [5.41, 5.74) is 16.7. The number of para-hydroxylation sites is 2. The van der Waals surface area contributed by atoms with E-state index in [-0.39, 0.29) is 0 Å². The van der Waals surface area contributed by atoms with E-state index in [2.05, 4.69) is 191 Å². The Hall–Kier alpha value is -8.54. The van der Waals surface area contributed by atoms with Crippen molar-refractivity contribution in [2.24, 2.45) is 0 Å². The van der Waals surface area contributed by atoms with Crippen LogP contribution < -0.4 is 0 Å². The molecule has 5 aromatic heterocycles. The largest absolute Gasteiger partial charge is 0.452 e. The summed E-state index contributed by atoms with van der Waals surface area (Å²) >= 11 is 0. The minimum absolute atomic E-state index is 0.594. The molecule has 5 heterocycles. The molecule has 0 saturated heterocycles. The number of benzene rings is 9. The lowest BCUT2D eigenvalue weighted by Gasteiger charge is -2.10. The molecular formula is C58H34N4O. The third-order valence-electron chi connectivity index (χ3n) is 13.1. The zero-order valence-corrected chi connectivity index (χ0v) is 33.8. The van der Waals surface area contributed by atoms with E-state index in [0.717, 1.165) is 55.3 Å². The summed E-state index contributed by atoms with van der Waals surface area (Å²) in [4.78, 5) is 11.0. The fourth-order valence-electron chi connectivity index (χ4n) is 10.2. The van der Waals surface area contributed by atoms with Crippen molar-refractivity contribution in [3.8, 4) is 50.6 Å². The van der Waals surface area contributed by atoms with Gasteiger partial charge in [0.25, 0.3) is 0 Å². The Balaban J connectivity index is 1.12. The Labute approximate surface area is 360 Å². The van der Waals surface area contributed by atoms with Crippen molar-refractivity contribution in [3.05, 3.63) is 206 Å². The standard InChI is InChI=1S/C58H34N4O/c1-4-14-35(15-5-1)38-24-26-39(27-25-38)54-57-55(44-21-11-13-23-51(44)63-57)60-58(59-54)62-48-31-29-40(36-16-6-2-7-17-36)32-46(48)52-50(62)34-45-42-30-28-41(37-18-8-3-9-19-37)33-49(42)61-47-22-12-10-20-43(47)53(52)56(45)61/h1-34H. The number of nitrogens with zero attached hydrogens (tertiary/aromatic N) is 4. The van der Waals surface area contributed by atoms with E-state index in [1.165, 1.54) is 65.7 Å². The van der Waals surface area contributed by atoms with Crippen molar-refractivity contribution in [1.82, 2.24) is 18.9 Å². The zero-order chi connectivity index (χ0) is 41.2. The molecule has 0 fully saturated rings. The summed E-state index contributed by atoms with van der Waals surface area (Å²) in [5.74, 6) is 0.594. The molecule has 0 atom stereocenters. The van der Waals surface area contributed by atoms with Gasteiger partial charge in [0.05, 0.1) is 27.6 Å². The van der Waals surface area contributed by atoms with Crippen LogP contribution in [0.5, 0.6) is 0 Å². The molecule has 14 aromatic rings. The molecule has 0 N–H and O–H groups in total. The van der Waals surface area contributed by atoms with Crippen LogP contribution >= 0.6 is 0 Å². The maximum Gasteiger partial charge on any atom is 0.236 e. The van der Waals surface area contributed by atoms with E-state index < -0.39 is 0 Å². The van der Waals surface area contributed by atoms with Gasteiger partial charge < -0.3 is 8.82 Å². The van der Waals surface area contributed by atoms with Crippen molar-refractivity contribution in [3.63, 3.8) is 0 Å². The minimum atomic E-state index is 0.594. The summed E-state index contributed by atoms with van der Waals surface area (Å²) in [6.07, 6.45) is 0.